The average Bonchev–Trinajstić information content (AvgIpc) is 2.21. The van der Waals surface area contributed by atoms with Crippen molar-refractivity contribution in [2.45, 2.75) is 6.10 Å². The number of epoxide rings is 1. The summed E-state index contributed by atoms with van der Waals surface area (Å²) in [7, 11) is 0. The van der Waals surface area contributed by atoms with E-state index in [1.807, 2.05) is 0 Å². The molecule has 0 bridgehead atoms. The largest absolute Gasteiger partial charge is 0.411 e. The van der Waals surface area contributed by atoms with Crippen molar-refractivity contribution in [1.82, 2.24) is 0 Å². The average molecular weight is 87.1 g/mol. The topological polar surface area (TPSA) is 45.1 Å². The van der Waals surface area contributed by atoms with Gasteiger partial charge in [0.1, 0.15) is 6.10 Å². The van der Waals surface area contributed by atoms with Crippen LogP contribution in [0.1, 0.15) is 0 Å². The Kier molecular flexibility index (Phi) is 0.759. The van der Waals surface area contributed by atoms with E-state index in [1.165, 1.54) is 6.21 Å². The Bertz CT molecular complexity index is 67.2. The maximum Gasteiger partial charge on any atom is 0.119 e. The first kappa shape index (κ1) is 3.61. The number of ether oxygens (including phenoxy) is 1. The molecule has 0 aliphatic carbocycles. The van der Waals surface area contributed by atoms with Crippen molar-refractivity contribution in [2.24, 2.45) is 5.16 Å². The first-order valence-corrected chi connectivity index (χ1v) is 1.72. The standard InChI is InChI=1S/C3H5NO2/c5-4-1-3-2-6-3/h1,3,5H,2H2/b4-1+. The molecule has 1 aliphatic rings. The van der Waals surface area contributed by atoms with Gasteiger partial charge in [-0.25, -0.2) is 0 Å². The molecule has 34 valence electrons. The molecule has 0 aromatic rings. The van der Waals surface area contributed by atoms with Gasteiger partial charge in [-0.2, -0.15) is 0 Å². The van der Waals surface area contributed by atoms with Crippen molar-refractivity contribution >= 4 is 6.21 Å². The summed E-state index contributed by atoms with van der Waals surface area (Å²) in [5, 5.41) is 10.5. The number of oxime groups is 1. The van der Waals surface area contributed by atoms with Crippen LogP contribution in [0.5, 0.6) is 0 Å². The van der Waals surface area contributed by atoms with Gasteiger partial charge in [-0.05, 0) is 0 Å². The minimum absolute atomic E-state index is 0.106. The van der Waals surface area contributed by atoms with Crippen LogP contribution in [-0.4, -0.2) is 24.1 Å². The van der Waals surface area contributed by atoms with Crippen LogP contribution in [0, 0.1) is 0 Å². The summed E-state index contributed by atoms with van der Waals surface area (Å²) in [5.41, 5.74) is 0. The van der Waals surface area contributed by atoms with E-state index in [0.717, 1.165) is 0 Å². The van der Waals surface area contributed by atoms with Gasteiger partial charge in [-0.1, -0.05) is 5.16 Å². The van der Waals surface area contributed by atoms with Gasteiger partial charge in [0.15, 0.2) is 0 Å². The van der Waals surface area contributed by atoms with Gasteiger partial charge in [0.2, 0.25) is 0 Å². The number of rotatable bonds is 1. The lowest BCUT2D eigenvalue weighted by molar-refractivity contribution is 0.318. The van der Waals surface area contributed by atoms with E-state index in [9.17, 15) is 0 Å². The highest BCUT2D eigenvalue weighted by Crippen LogP contribution is 2.03. The lowest BCUT2D eigenvalue weighted by Gasteiger charge is -1.65. The zero-order valence-electron chi connectivity index (χ0n) is 3.16. The molecule has 6 heavy (non-hydrogen) atoms. The summed E-state index contributed by atoms with van der Waals surface area (Å²) >= 11 is 0. The normalized spacial score (nSPS) is 31.7. The van der Waals surface area contributed by atoms with Gasteiger partial charge in [-0.15, -0.1) is 0 Å². The first-order valence-electron chi connectivity index (χ1n) is 1.72. The second-order valence-electron chi connectivity index (χ2n) is 1.14. The van der Waals surface area contributed by atoms with E-state index in [4.69, 9.17) is 5.21 Å². The fourth-order valence-corrected chi connectivity index (χ4v) is 0.216. The molecule has 3 nitrogen and oxygen atoms in total. The summed E-state index contributed by atoms with van der Waals surface area (Å²) in [6.07, 6.45) is 1.47. The van der Waals surface area contributed by atoms with Crippen molar-refractivity contribution in [3.63, 3.8) is 0 Å². The fourth-order valence-electron chi connectivity index (χ4n) is 0.216. The van der Waals surface area contributed by atoms with Crippen molar-refractivity contribution in [1.29, 1.82) is 0 Å². The maximum absolute atomic E-state index is 7.77. The monoisotopic (exact) mass is 87.0 g/mol. The Morgan fingerprint density at radius 2 is 2.67 bits per heavy atom. The molecule has 1 heterocycles. The third kappa shape index (κ3) is 0.687. The summed E-state index contributed by atoms with van der Waals surface area (Å²) in [6.45, 7) is 0.712. The third-order valence-electron chi connectivity index (χ3n) is 0.592. The van der Waals surface area contributed by atoms with Crippen molar-refractivity contribution in [3.05, 3.63) is 0 Å². The second kappa shape index (κ2) is 1.26. The van der Waals surface area contributed by atoms with Crippen LogP contribution < -0.4 is 0 Å². The second-order valence-corrected chi connectivity index (χ2v) is 1.14. The van der Waals surface area contributed by atoms with Crippen LogP contribution in [0.15, 0.2) is 5.16 Å². The zero-order valence-corrected chi connectivity index (χ0v) is 3.16. The van der Waals surface area contributed by atoms with Crippen molar-refractivity contribution in [2.75, 3.05) is 6.61 Å². The molecule has 1 fully saturated rings. The Balaban J connectivity index is 2.15. The highest BCUT2D eigenvalue weighted by molar-refractivity contribution is 5.64. The quantitative estimate of drug-likeness (QED) is 0.209. The van der Waals surface area contributed by atoms with Crippen LogP contribution in [-0.2, 0) is 4.74 Å². The predicted octanol–water partition coefficient (Wildman–Crippen LogP) is -0.155. The summed E-state index contributed by atoms with van der Waals surface area (Å²) < 4.78 is 4.64. The van der Waals surface area contributed by atoms with Crippen LogP contribution in [0.25, 0.3) is 0 Å². The molecule has 3 heteroatoms. The Labute approximate surface area is 35.2 Å². The Morgan fingerprint density at radius 3 is 2.83 bits per heavy atom. The van der Waals surface area contributed by atoms with Crippen molar-refractivity contribution in [3.8, 4) is 0 Å². The molecule has 0 radical (unpaired) electrons. The minimum Gasteiger partial charge on any atom is -0.411 e. The number of hydrogen-bond donors (Lipinski definition) is 1. The molecule has 1 aliphatic heterocycles. The minimum atomic E-state index is 0.106. The van der Waals surface area contributed by atoms with Gasteiger partial charge in [-0.3, -0.25) is 0 Å². The van der Waals surface area contributed by atoms with Crippen LogP contribution in [0.3, 0.4) is 0 Å². The van der Waals surface area contributed by atoms with Gasteiger partial charge in [0, 0.05) is 0 Å². The zero-order chi connectivity index (χ0) is 4.41. The van der Waals surface area contributed by atoms with Gasteiger partial charge < -0.3 is 9.94 Å². The van der Waals surface area contributed by atoms with Crippen LogP contribution in [0.2, 0.25) is 0 Å². The van der Waals surface area contributed by atoms with E-state index >= 15 is 0 Å². The molecule has 1 N–H and O–H groups in total. The molecule has 1 saturated heterocycles. The summed E-state index contributed by atoms with van der Waals surface area (Å²) in [6, 6.07) is 0. The number of nitrogens with zero attached hydrogens (tertiary/aromatic N) is 1. The van der Waals surface area contributed by atoms with E-state index in [0.29, 0.717) is 6.61 Å². The van der Waals surface area contributed by atoms with Crippen LogP contribution >= 0.6 is 0 Å². The molecule has 1 rings (SSSR count). The molecule has 0 spiro atoms. The Morgan fingerprint density at radius 1 is 2.00 bits per heavy atom. The van der Waals surface area contributed by atoms with Gasteiger partial charge >= 0.3 is 0 Å². The highest BCUT2D eigenvalue weighted by atomic mass is 16.6. The SMILES string of the molecule is O/N=C/C1CO1. The van der Waals surface area contributed by atoms with Gasteiger partial charge in [0.05, 0.1) is 12.8 Å². The molecule has 0 aromatic carbocycles. The van der Waals surface area contributed by atoms with E-state index < -0.39 is 0 Å². The maximum atomic E-state index is 7.77. The smallest absolute Gasteiger partial charge is 0.119 e. The molecular formula is C3H5NO2. The van der Waals surface area contributed by atoms with Gasteiger partial charge in [0.25, 0.3) is 0 Å². The molecule has 0 aromatic heterocycles. The van der Waals surface area contributed by atoms with E-state index in [2.05, 4.69) is 9.89 Å². The summed E-state index contributed by atoms with van der Waals surface area (Å²) in [4.78, 5) is 0. The molecule has 0 amide bonds. The number of hydrogen-bond acceptors (Lipinski definition) is 3. The third-order valence-corrected chi connectivity index (χ3v) is 0.592. The highest BCUT2D eigenvalue weighted by Gasteiger charge is 2.19. The molecule has 1 atom stereocenters. The first-order chi connectivity index (χ1) is 2.93. The summed E-state index contributed by atoms with van der Waals surface area (Å²) in [5.74, 6) is 0. The van der Waals surface area contributed by atoms with Crippen LogP contribution in [0.4, 0.5) is 0 Å². The fraction of sp³-hybridized carbons (Fsp3) is 0.667. The molecule has 0 saturated carbocycles. The molecule has 1 unspecified atom stereocenters. The lowest BCUT2D eigenvalue weighted by Crippen LogP contribution is -1.81. The van der Waals surface area contributed by atoms with Crippen molar-refractivity contribution < 1.29 is 9.94 Å². The van der Waals surface area contributed by atoms with E-state index in [1.54, 1.807) is 0 Å². The molecular weight excluding hydrogens is 82.0 g/mol. The van der Waals surface area contributed by atoms with E-state index in [-0.39, 0.29) is 6.10 Å². The lowest BCUT2D eigenvalue weighted by atomic mass is 10.5. The predicted molar refractivity (Wildman–Crippen MR) is 20.0 cm³/mol. The Hall–Kier alpha value is -0.570.